The first kappa shape index (κ1) is 29.2. The van der Waals surface area contributed by atoms with E-state index in [1.165, 1.54) is 6.92 Å². The van der Waals surface area contributed by atoms with Crippen LogP contribution in [0.3, 0.4) is 0 Å². The van der Waals surface area contributed by atoms with Crippen molar-refractivity contribution in [2.75, 3.05) is 6.61 Å². The van der Waals surface area contributed by atoms with Gasteiger partial charge < -0.3 is 18.7 Å². The van der Waals surface area contributed by atoms with Crippen LogP contribution >= 0.6 is 0 Å². The second-order valence-electron chi connectivity index (χ2n) is 11.8. The first-order valence-corrected chi connectivity index (χ1v) is 17.4. The first-order valence-electron chi connectivity index (χ1n) is 11.5. The average molecular weight is 483 g/mol. The molecule has 1 aromatic rings. The van der Waals surface area contributed by atoms with Crippen molar-refractivity contribution in [2.45, 2.75) is 110 Å². The van der Waals surface area contributed by atoms with Crippen LogP contribution in [0.2, 0.25) is 36.3 Å². The molecule has 0 spiro atoms. The van der Waals surface area contributed by atoms with E-state index in [0.29, 0.717) is 6.61 Å². The number of Topliss-reactive ketones (excluding diaryl/α,β-unsaturated/α-hetero) is 1. The van der Waals surface area contributed by atoms with Crippen LogP contribution < -0.4 is 0 Å². The lowest BCUT2D eigenvalue weighted by molar-refractivity contribution is -0.137. The average Bonchev–Trinajstić information content (AvgIpc) is 2.63. The molecule has 184 valence electrons. The molecule has 0 radical (unpaired) electrons. The minimum atomic E-state index is -2.30. The van der Waals surface area contributed by atoms with Gasteiger partial charge in [0.05, 0.1) is 19.3 Å². The van der Waals surface area contributed by atoms with Crippen molar-refractivity contribution >= 4 is 22.4 Å². The highest BCUT2D eigenvalue weighted by Gasteiger charge is 2.47. The van der Waals surface area contributed by atoms with Crippen LogP contribution in [0.1, 0.15) is 54.0 Å². The monoisotopic (exact) mass is 482 g/mol. The minimum absolute atomic E-state index is 0.0343. The molecule has 1 N–H and O–H groups in total. The number of aliphatic hydroxyl groups is 1. The van der Waals surface area contributed by atoms with Crippen LogP contribution in [0.15, 0.2) is 30.3 Å². The van der Waals surface area contributed by atoms with Crippen molar-refractivity contribution in [3.05, 3.63) is 35.9 Å². The van der Waals surface area contributed by atoms with Crippen LogP contribution in [0, 0.1) is 0 Å². The summed E-state index contributed by atoms with van der Waals surface area (Å²) in [5.41, 5.74) is 1.06. The maximum absolute atomic E-state index is 12.3. The Morgan fingerprint density at radius 3 is 1.81 bits per heavy atom. The van der Waals surface area contributed by atoms with Crippen LogP contribution in [-0.4, -0.2) is 52.4 Å². The summed E-state index contributed by atoms with van der Waals surface area (Å²) >= 11 is 0. The van der Waals surface area contributed by atoms with Crippen LogP contribution in [0.25, 0.3) is 0 Å². The zero-order valence-corrected chi connectivity index (χ0v) is 24.1. The van der Waals surface area contributed by atoms with E-state index in [4.69, 9.17) is 13.6 Å². The Hall–Kier alpha value is -0.836. The normalized spacial score (nSPS) is 16.5. The SMILES string of the molecule is CC(=O)[C@H](O)[C@@H](O[Si](C)(C)C(C)(C)C)[C@@H](COCc1ccccc1)O[Si](C)(C)C(C)(C)C. The predicted molar refractivity (Wildman–Crippen MR) is 137 cm³/mol. The quantitative estimate of drug-likeness (QED) is 0.396. The van der Waals surface area contributed by atoms with E-state index in [2.05, 4.69) is 67.7 Å². The van der Waals surface area contributed by atoms with Crippen LogP contribution in [0.5, 0.6) is 0 Å². The van der Waals surface area contributed by atoms with Gasteiger partial charge in [-0.1, -0.05) is 71.9 Å². The van der Waals surface area contributed by atoms with Gasteiger partial charge in [-0.15, -0.1) is 0 Å². The maximum Gasteiger partial charge on any atom is 0.192 e. The Balaban J connectivity index is 3.26. The van der Waals surface area contributed by atoms with Gasteiger partial charge in [-0.3, -0.25) is 4.79 Å². The molecule has 7 heteroatoms. The fourth-order valence-corrected chi connectivity index (χ4v) is 5.34. The van der Waals surface area contributed by atoms with Crippen molar-refractivity contribution in [1.82, 2.24) is 0 Å². The molecule has 0 aliphatic heterocycles. The minimum Gasteiger partial charge on any atom is -0.409 e. The predicted octanol–water partition coefficient (Wildman–Crippen LogP) is 5.93. The molecule has 0 saturated heterocycles. The summed E-state index contributed by atoms with van der Waals surface area (Å²) in [7, 11) is -4.53. The third kappa shape index (κ3) is 8.18. The molecule has 0 fully saturated rings. The fraction of sp³-hybridized carbons (Fsp3) is 0.720. The molecule has 0 aliphatic carbocycles. The molecule has 0 bridgehead atoms. The lowest BCUT2D eigenvalue weighted by Crippen LogP contribution is -2.57. The zero-order chi connectivity index (χ0) is 25.0. The number of rotatable bonds is 11. The number of ketones is 1. The summed E-state index contributed by atoms with van der Waals surface area (Å²) in [4.78, 5) is 12.3. The third-order valence-electron chi connectivity index (χ3n) is 6.98. The lowest BCUT2D eigenvalue weighted by Gasteiger charge is -2.45. The van der Waals surface area contributed by atoms with Crippen molar-refractivity contribution in [3.8, 4) is 0 Å². The molecule has 3 atom stereocenters. The van der Waals surface area contributed by atoms with E-state index < -0.39 is 34.9 Å². The highest BCUT2D eigenvalue weighted by Crippen LogP contribution is 2.41. The van der Waals surface area contributed by atoms with Crippen LogP contribution in [-0.2, 0) is 25.0 Å². The van der Waals surface area contributed by atoms with E-state index in [-0.39, 0.29) is 22.5 Å². The Kier molecular flexibility index (Phi) is 10.1. The van der Waals surface area contributed by atoms with E-state index in [1.54, 1.807) is 0 Å². The molecule has 0 aromatic heterocycles. The summed E-state index contributed by atoms with van der Waals surface area (Å²) in [6.45, 7) is 23.6. The number of aliphatic hydroxyl groups excluding tert-OH is 1. The summed E-state index contributed by atoms with van der Waals surface area (Å²) in [5.74, 6) is -0.319. The lowest BCUT2D eigenvalue weighted by atomic mass is 10.1. The molecule has 0 saturated carbocycles. The molecule has 5 nitrogen and oxygen atoms in total. The summed E-state index contributed by atoms with van der Waals surface area (Å²) in [6.07, 6.45) is -2.59. The van der Waals surface area contributed by atoms with E-state index in [0.717, 1.165) is 5.56 Å². The maximum atomic E-state index is 12.3. The molecule has 1 aromatic carbocycles. The van der Waals surface area contributed by atoms with Crippen molar-refractivity contribution in [2.24, 2.45) is 0 Å². The van der Waals surface area contributed by atoms with E-state index >= 15 is 0 Å². The topological polar surface area (TPSA) is 65.0 Å². The fourth-order valence-electron chi connectivity index (χ4n) is 2.71. The van der Waals surface area contributed by atoms with Gasteiger partial charge in [0.25, 0.3) is 0 Å². The smallest absolute Gasteiger partial charge is 0.192 e. The molecule has 32 heavy (non-hydrogen) atoms. The van der Waals surface area contributed by atoms with Gasteiger partial charge in [0, 0.05) is 0 Å². The van der Waals surface area contributed by atoms with Crippen molar-refractivity contribution in [3.63, 3.8) is 0 Å². The van der Waals surface area contributed by atoms with Gasteiger partial charge in [0.1, 0.15) is 12.2 Å². The largest absolute Gasteiger partial charge is 0.409 e. The molecule has 1 rings (SSSR count). The van der Waals surface area contributed by atoms with E-state index in [1.807, 2.05) is 30.3 Å². The number of carbonyl (C=O) groups is 1. The van der Waals surface area contributed by atoms with Crippen LogP contribution in [0.4, 0.5) is 0 Å². The van der Waals surface area contributed by atoms with Crippen molar-refractivity contribution in [1.29, 1.82) is 0 Å². The first-order chi connectivity index (χ1) is 14.4. The second-order valence-corrected chi connectivity index (χ2v) is 21.3. The van der Waals surface area contributed by atoms with E-state index in [9.17, 15) is 9.90 Å². The molecular weight excluding hydrogens is 436 g/mol. The highest BCUT2D eigenvalue weighted by atomic mass is 28.4. The van der Waals surface area contributed by atoms with Gasteiger partial charge in [-0.05, 0) is 48.8 Å². The third-order valence-corrected chi connectivity index (χ3v) is 16.0. The van der Waals surface area contributed by atoms with Crippen molar-refractivity contribution < 1.29 is 23.5 Å². The Bertz CT molecular complexity index is 720. The summed E-state index contributed by atoms with van der Waals surface area (Å²) < 4.78 is 19.4. The number of ether oxygens (including phenoxy) is 1. The number of hydrogen-bond donors (Lipinski definition) is 1. The molecule has 0 aliphatic rings. The second kappa shape index (κ2) is 11.1. The standard InChI is InChI=1S/C25H46O5Si2/c1-19(26)22(27)23(30-32(10,11)25(5,6)7)21(29-31(8,9)24(2,3)4)18-28-17-20-15-13-12-14-16-20/h12-16,21-23,27H,17-18H2,1-11H3/t21-,22+,23+/m1/s1. The summed E-state index contributed by atoms with van der Waals surface area (Å²) in [6, 6.07) is 9.95. The number of benzene rings is 1. The molecule has 0 unspecified atom stereocenters. The Morgan fingerprint density at radius 1 is 0.906 bits per heavy atom. The summed E-state index contributed by atoms with van der Waals surface area (Å²) in [5, 5.41) is 10.8. The molecule has 0 heterocycles. The van der Waals surface area contributed by atoms with Gasteiger partial charge in [-0.2, -0.15) is 0 Å². The Labute approximate surface area is 198 Å². The number of carbonyl (C=O) groups excluding carboxylic acids is 1. The zero-order valence-electron chi connectivity index (χ0n) is 22.1. The van der Waals surface area contributed by atoms with Gasteiger partial charge >= 0.3 is 0 Å². The Morgan fingerprint density at radius 2 is 1.38 bits per heavy atom. The van der Waals surface area contributed by atoms with Gasteiger partial charge in [-0.25, -0.2) is 0 Å². The number of hydrogen-bond acceptors (Lipinski definition) is 5. The molecule has 0 amide bonds. The van der Waals surface area contributed by atoms with Gasteiger partial charge in [0.2, 0.25) is 0 Å². The van der Waals surface area contributed by atoms with Gasteiger partial charge in [0.15, 0.2) is 22.4 Å². The highest BCUT2D eigenvalue weighted by molar-refractivity contribution is 6.74. The molecular formula is C25H46O5Si2.